The second-order valence-corrected chi connectivity index (χ2v) is 30.8. The molecule has 4 aromatic carbocycles. The monoisotopic (exact) mass is 1330 g/mol. The zero-order chi connectivity index (χ0) is 65.9. The van der Waals surface area contributed by atoms with E-state index in [-0.39, 0.29) is 66.3 Å². The van der Waals surface area contributed by atoms with Crippen LogP contribution in [0.2, 0.25) is 20.1 Å². The minimum absolute atomic E-state index is 0.0249. The summed E-state index contributed by atoms with van der Waals surface area (Å²) in [7, 11) is -4.87. The van der Waals surface area contributed by atoms with Crippen LogP contribution < -0.4 is 5.73 Å². The minimum Gasteiger partial charge on any atom is -0.481 e. The van der Waals surface area contributed by atoms with Crippen molar-refractivity contribution in [2.24, 2.45) is 37.2 Å². The van der Waals surface area contributed by atoms with Gasteiger partial charge in [0.05, 0.1) is 64.1 Å². The summed E-state index contributed by atoms with van der Waals surface area (Å²) in [5.41, 5.74) is 6.38. The molecule has 0 radical (unpaired) electrons. The molecule has 6 rings (SSSR count). The molecule has 2 aliphatic heterocycles. The molecular weight excluding hydrogens is 1260 g/mol. The van der Waals surface area contributed by atoms with Crippen molar-refractivity contribution in [1.82, 2.24) is 9.80 Å². The van der Waals surface area contributed by atoms with Gasteiger partial charge in [-0.15, -0.1) is 9.32 Å². The first-order valence-electron chi connectivity index (χ1n) is 27.7. The average molecular weight is 1330 g/mol. The number of likely N-dealkylation sites (tertiary alicyclic amines) is 2. The summed E-state index contributed by atoms with van der Waals surface area (Å²) in [5, 5.41) is 18.2. The van der Waals surface area contributed by atoms with Gasteiger partial charge in [0.1, 0.15) is 14.2 Å². The quantitative estimate of drug-likeness (QED) is 0.0480. The molecule has 4 amide bonds. The lowest BCUT2D eigenvalue weighted by Gasteiger charge is -2.53. The van der Waals surface area contributed by atoms with E-state index < -0.39 is 95.1 Å². The third-order valence-corrected chi connectivity index (χ3v) is 22.1. The van der Waals surface area contributed by atoms with Crippen molar-refractivity contribution in [2.45, 2.75) is 148 Å². The molecule has 4 N–H and O–H groups in total. The maximum atomic E-state index is 14.6. The van der Waals surface area contributed by atoms with Gasteiger partial charge in [0, 0.05) is 54.5 Å². The number of nitrogens with zero attached hydrogens (tertiary/aromatic N) is 5. The van der Waals surface area contributed by atoms with E-state index >= 15 is 0 Å². The molecule has 2 heterocycles. The number of rotatable bonds is 18. The van der Waals surface area contributed by atoms with E-state index in [9.17, 15) is 50.7 Å². The molecule has 0 spiro atoms. The molecule has 2 unspecified atom stereocenters. The summed E-state index contributed by atoms with van der Waals surface area (Å²) in [6.07, 6.45) is -4.97. The minimum atomic E-state index is -5.08. The summed E-state index contributed by atoms with van der Waals surface area (Å²) in [5.74, 6) is -6.00. The molecule has 0 bridgehead atoms. The van der Waals surface area contributed by atoms with Gasteiger partial charge in [0.25, 0.3) is 0 Å². The number of aliphatic carboxylic acids is 2. The van der Waals surface area contributed by atoms with Crippen molar-refractivity contribution in [2.75, 3.05) is 18.6 Å². The largest absolute Gasteiger partial charge is 0.490 e. The van der Waals surface area contributed by atoms with Crippen LogP contribution in [0, 0.1) is 29.2 Å². The maximum absolute atomic E-state index is 14.6. The number of halogens is 7. The molecular formula is C61H75Cl4F3N6O11S2. The lowest BCUT2D eigenvalue weighted by Crippen LogP contribution is -2.59. The number of methoxy groups -OCH3 is 1. The number of amides is 4. The SMILES string of the molecule is CC(C)[C@@H](CS(=O)(=NC(N)=O)C(C)C)N1C(=O)[C@@](C)(CC(=O)O)C[C@H](c2cccc(Cl)c2)[C@H]1c1ccc(Cl)cc1.O=C(O)C(F)(F)F.[C-]#[N+]N=S(=O)(C[C@H](C(C)C)N1C(=O)[C@@](C)(CC(=O)OC)C[C@H](c2cccc(Cl)c2)[C@H]1c1ccc(Cl)cc1)C(C)C. The van der Waals surface area contributed by atoms with E-state index in [1.54, 1.807) is 87.7 Å². The lowest BCUT2D eigenvalue weighted by molar-refractivity contribution is -0.192. The first kappa shape index (κ1) is 73.5. The van der Waals surface area contributed by atoms with E-state index in [0.717, 1.165) is 22.3 Å². The van der Waals surface area contributed by atoms with Crippen molar-refractivity contribution < 1.29 is 65.3 Å². The van der Waals surface area contributed by atoms with E-state index in [1.165, 1.54) is 7.11 Å². The van der Waals surface area contributed by atoms with Gasteiger partial charge in [0.2, 0.25) is 11.8 Å². The number of primary amides is 1. The molecule has 0 aliphatic carbocycles. The highest BCUT2D eigenvalue weighted by atomic mass is 35.5. The van der Waals surface area contributed by atoms with Crippen LogP contribution in [0.3, 0.4) is 0 Å². The van der Waals surface area contributed by atoms with Gasteiger partial charge < -0.3 is 30.5 Å². The Morgan fingerprint density at radius 2 is 1.03 bits per heavy atom. The number of hydrogen-bond donors (Lipinski definition) is 3. The summed E-state index contributed by atoms with van der Waals surface area (Å²) < 4.78 is 72.5. The molecule has 2 aliphatic rings. The van der Waals surface area contributed by atoms with Gasteiger partial charge in [-0.3, -0.25) is 19.2 Å². The molecule has 0 saturated carbocycles. The highest BCUT2D eigenvalue weighted by molar-refractivity contribution is 7.94. The van der Waals surface area contributed by atoms with E-state index in [4.69, 9.17) is 73.3 Å². The fourth-order valence-corrected chi connectivity index (χ4v) is 15.6. The zero-order valence-corrected chi connectivity index (χ0v) is 54.8. The third kappa shape index (κ3) is 18.8. The number of hydrogen-bond acceptors (Lipinski definition) is 10. The number of benzene rings is 4. The van der Waals surface area contributed by atoms with Crippen molar-refractivity contribution >= 4 is 102 Å². The number of carbonyl (C=O) groups excluding carboxylic acids is 4. The molecule has 0 aromatic heterocycles. The molecule has 26 heteroatoms. The Morgan fingerprint density at radius 1 is 0.667 bits per heavy atom. The lowest BCUT2D eigenvalue weighted by atomic mass is 9.66. The smallest absolute Gasteiger partial charge is 0.481 e. The molecule has 2 fully saturated rings. The first-order chi connectivity index (χ1) is 40.3. The Labute approximate surface area is 527 Å². The molecule has 17 nitrogen and oxygen atoms in total. The Kier molecular flexibility index (Phi) is 25.8. The number of carboxylic acids is 2. The van der Waals surface area contributed by atoms with Crippen LogP contribution in [0.5, 0.6) is 0 Å². The Morgan fingerprint density at radius 3 is 1.33 bits per heavy atom. The van der Waals surface area contributed by atoms with Crippen LogP contribution in [-0.2, 0) is 48.2 Å². The number of carboxylic acid groups (broad SMARTS) is 2. The standard InChI is InChI=1S/C30H37Cl2N3O4S.C29H37Cl2N3O5S.C2HF3O2/c1-19(2)26(18-40(38,20(3)4)34-33-6)35-28(21-11-13-23(31)14-12-21)25(22-9-8-10-24(32)15-22)16-30(5,29(35)37)17-27(36)39-7;1-17(2)24(16-40(39,18(3)4)33-28(32)38)34-26(19-9-11-21(30)12-10-19)23(20-7-6-8-22(31)13-20)14-29(5,27(34)37)15-25(35)36;3-2(4,5)1(6)7/h8-15,19-20,25-26,28H,16-18H2,1-5,7H3;6-13,17-18,23-24,26H,14-16H2,1-5H3,(H2,32,38)(H,35,36);(H,6,7)/t25-,26-,28-,30-,40?;23-,24-,26-,29-,40?;/m11./s1. The number of urea groups is 1. The third-order valence-electron chi connectivity index (χ3n) is 15.7. The molecule has 10 atom stereocenters. The number of carbonyl (C=O) groups is 6. The summed E-state index contributed by atoms with van der Waals surface area (Å²) in [4.78, 5) is 81.1. The van der Waals surface area contributed by atoms with Crippen LogP contribution >= 0.6 is 46.4 Å². The Bertz CT molecular complexity index is 3440. The predicted molar refractivity (Wildman–Crippen MR) is 333 cm³/mol. The first-order valence-corrected chi connectivity index (χ1v) is 32.7. The second kappa shape index (κ2) is 30.5. The molecule has 87 heavy (non-hydrogen) atoms. The van der Waals surface area contributed by atoms with Gasteiger partial charge in [-0.2, -0.15) is 19.7 Å². The zero-order valence-electron chi connectivity index (χ0n) is 50.1. The van der Waals surface area contributed by atoms with Crippen LogP contribution in [0.4, 0.5) is 18.0 Å². The molecule has 476 valence electrons. The second-order valence-electron chi connectivity index (χ2n) is 23.4. The van der Waals surface area contributed by atoms with Crippen LogP contribution in [0.1, 0.15) is 141 Å². The number of esters is 1. The van der Waals surface area contributed by atoms with Crippen LogP contribution in [0.25, 0.3) is 4.95 Å². The number of alkyl halides is 3. The Balaban J connectivity index is 0.000000335. The Hall–Kier alpha value is -5.96. The van der Waals surface area contributed by atoms with Crippen LogP contribution in [0.15, 0.2) is 106 Å². The average Bonchev–Trinajstić information content (AvgIpc) is 0.761. The van der Waals surface area contributed by atoms with Gasteiger partial charge in [0.15, 0.2) is 0 Å². The highest BCUT2D eigenvalue weighted by Crippen LogP contribution is 2.55. The van der Waals surface area contributed by atoms with Gasteiger partial charge in [-0.25, -0.2) is 18.0 Å². The predicted octanol–water partition coefficient (Wildman–Crippen LogP) is 14.5. The normalized spacial score (nSPS) is 22.5. The van der Waals surface area contributed by atoms with E-state index in [2.05, 4.69) is 13.8 Å². The van der Waals surface area contributed by atoms with Gasteiger partial charge >= 0.3 is 30.1 Å². The molecule has 2 saturated heterocycles. The summed E-state index contributed by atoms with van der Waals surface area (Å²) >= 11 is 25.3. The van der Waals surface area contributed by atoms with Crippen molar-refractivity contribution in [1.29, 1.82) is 0 Å². The topological polar surface area (TPSA) is 248 Å². The fraction of sp³-hybridized carbons (Fsp3) is 0.492. The van der Waals surface area contributed by atoms with Gasteiger partial charge in [-0.05, 0) is 109 Å². The maximum Gasteiger partial charge on any atom is 0.490 e. The fourth-order valence-electron chi connectivity index (χ4n) is 11.1. The summed E-state index contributed by atoms with van der Waals surface area (Å²) in [6.45, 7) is 25.5. The van der Waals surface area contributed by atoms with Crippen molar-refractivity contribution in [3.05, 3.63) is 151 Å². The van der Waals surface area contributed by atoms with Crippen molar-refractivity contribution in [3.63, 3.8) is 0 Å². The number of ether oxygens (including phenoxy) is 1. The van der Waals surface area contributed by atoms with Crippen LogP contribution in [-0.4, -0.2) is 112 Å². The molecule has 4 aromatic rings. The number of piperidine rings is 2. The number of nitrogens with two attached hydrogens (primary N) is 1. The van der Waals surface area contributed by atoms with E-state index in [0.29, 0.717) is 26.5 Å². The van der Waals surface area contributed by atoms with E-state index in [1.807, 2.05) is 88.4 Å². The van der Waals surface area contributed by atoms with Crippen molar-refractivity contribution in [3.8, 4) is 0 Å². The highest BCUT2D eigenvalue weighted by Gasteiger charge is 2.55. The summed E-state index contributed by atoms with van der Waals surface area (Å²) in [6, 6.07) is 26.1. The van der Waals surface area contributed by atoms with Gasteiger partial charge in [-0.1, -0.05) is 150 Å².